The van der Waals surface area contributed by atoms with Gasteiger partial charge >= 0.3 is 0 Å². The Morgan fingerprint density at radius 2 is 1.58 bits per heavy atom. The van der Waals surface area contributed by atoms with Crippen LogP contribution in [0.5, 0.6) is 0 Å². The van der Waals surface area contributed by atoms with Crippen molar-refractivity contribution in [2.45, 2.75) is 31.1 Å². The number of benzene rings is 2. The predicted molar refractivity (Wildman–Crippen MR) is 104 cm³/mol. The van der Waals surface area contributed by atoms with Crippen LogP contribution in [0, 0.1) is 6.92 Å². The summed E-state index contributed by atoms with van der Waals surface area (Å²) >= 11 is 0. The van der Waals surface area contributed by atoms with E-state index in [-0.39, 0.29) is 4.90 Å². The van der Waals surface area contributed by atoms with Crippen LogP contribution in [0.1, 0.15) is 24.8 Å². The summed E-state index contributed by atoms with van der Waals surface area (Å²) in [7, 11) is -3.64. The lowest BCUT2D eigenvalue weighted by atomic mass is 10.1. The topological polar surface area (TPSA) is 66.5 Å². The van der Waals surface area contributed by atoms with Crippen LogP contribution in [0.4, 0.5) is 11.4 Å². The molecule has 5 nitrogen and oxygen atoms in total. The Bertz CT molecular complexity index is 853. The van der Waals surface area contributed by atoms with E-state index in [0.29, 0.717) is 5.69 Å². The SMILES string of the molecule is Cc1ccc(S(=O)(=O)CC(=O)Nc2ccc(N3CCCCC3)cc2)cc1. The third kappa shape index (κ3) is 4.64. The fraction of sp³-hybridized carbons (Fsp3) is 0.350. The monoisotopic (exact) mass is 372 g/mol. The zero-order valence-electron chi connectivity index (χ0n) is 14.9. The second-order valence-electron chi connectivity index (χ2n) is 6.71. The highest BCUT2D eigenvalue weighted by Gasteiger charge is 2.19. The van der Waals surface area contributed by atoms with E-state index < -0.39 is 21.5 Å². The van der Waals surface area contributed by atoms with Gasteiger partial charge in [-0.25, -0.2) is 8.42 Å². The van der Waals surface area contributed by atoms with Gasteiger partial charge in [0.25, 0.3) is 0 Å². The lowest BCUT2D eigenvalue weighted by molar-refractivity contribution is -0.113. The number of anilines is 2. The first-order valence-corrected chi connectivity index (χ1v) is 10.5. The Kier molecular flexibility index (Phi) is 5.61. The molecule has 3 rings (SSSR count). The molecule has 1 fully saturated rings. The van der Waals surface area contributed by atoms with Crippen molar-refractivity contribution in [2.24, 2.45) is 0 Å². The van der Waals surface area contributed by atoms with E-state index in [1.807, 2.05) is 31.2 Å². The molecule has 2 aromatic carbocycles. The molecule has 138 valence electrons. The first-order valence-electron chi connectivity index (χ1n) is 8.88. The molecule has 0 aromatic heterocycles. The Balaban J connectivity index is 1.61. The quantitative estimate of drug-likeness (QED) is 0.874. The van der Waals surface area contributed by atoms with E-state index in [1.165, 1.54) is 31.4 Å². The predicted octanol–water partition coefficient (Wildman–Crippen LogP) is 3.40. The van der Waals surface area contributed by atoms with Crippen LogP contribution in [0.3, 0.4) is 0 Å². The number of hydrogen-bond donors (Lipinski definition) is 1. The van der Waals surface area contributed by atoms with Crippen LogP contribution in [0.2, 0.25) is 0 Å². The number of nitrogens with zero attached hydrogens (tertiary/aromatic N) is 1. The maximum atomic E-state index is 12.3. The molecule has 1 amide bonds. The van der Waals surface area contributed by atoms with Gasteiger partial charge in [0, 0.05) is 24.5 Å². The number of piperidine rings is 1. The summed E-state index contributed by atoms with van der Waals surface area (Å²) < 4.78 is 24.7. The standard InChI is InChI=1S/C20H24N2O3S/c1-16-5-11-19(12-6-16)26(24,25)15-20(23)21-17-7-9-18(10-8-17)22-13-3-2-4-14-22/h5-12H,2-4,13-15H2,1H3,(H,21,23). The second-order valence-corrected chi connectivity index (χ2v) is 8.70. The lowest BCUT2D eigenvalue weighted by Crippen LogP contribution is -2.29. The fourth-order valence-electron chi connectivity index (χ4n) is 3.11. The number of amides is 1. The highest BCUT2D eigenvalue weighted by molar-refractivity contribution is 7.92. The summed E-state index contributed by atoms with van der Waals surface area (Å²) in [6.45, 7) is 4.00. The summed E-state index contributed by atoms with van der Waals surface area (Å²) in [5, 5.41) is 2.67. The summed E-state index contributed by atoms with van der Waals surface area (Å²) in [5.74, 6) is -1.10. The van der Waals surface area contributed by atoms with Crippen molar-refractivity contribution in [1.82, 2.24) is 0 Å². The van der Waals surface area contributed by atoms with Gasteiger partial charge in [-0.15, -0.1) is 0 Å². The van der Waals surface area contributed by atoms with E-state index in [0.717, 1.165) is 24.3 Å². The van der Waals surface area contributed by atoms with Gasteiger partial charge in [-0.2, -0.15) is 0 Å². The first kappa shape index (κ1) is 18.5. The normalized spacial score (nSPS) is 14.9. The molecule has 0 atom stereocenters. The maximum Gasteiger partial charge on any atom is 0.239 e. The summed E-state index contributed by atoms with van der Waals surface area (Å²) in [6, 6.07) is 14.1. The number of hydrogen-bond acceptors (Lipinski definition) is 4. The van der Waals surface area contributed by atoms with Crippen LogP contribution in [0.15, 0.2) is 53.4 Å². The van der Waals surface area contributed by atoms with Crippen molar-refractivity contribution >= 4 is 27.1 Å². The molecule has 26 heavy (non-hydrogen) atoms. The second kappa shape index (κ2) is 7.91. The van der Waals surface area contributed by atoms with E-state index in [9.17, 15) is 13.2 Å². The van der Waals surface area contributed by atoms with Gasteiger partial charge in [0.1, 0.15) is 5.75 Å². The van der Waals surface area contributed by atoms with Crippen LogP contribution < -0.4 is 10.2 Å². The molecule has 0 radical (unpaired) electrons. The van der Waals surface area contributed by atoms with Crippen LogP contribution in [-0.2, 0) is 14.6 Å². The smallest absolute Gasteiger partial charge is 0.239 e. The number of carbonyl (C=O) groups is 1. The number of nitrogens with one attached hydrogen (secondary N) is 1. The molecule has 1 saturated heterocycles. The number of rotatable bonds is 5. The Labute approximate surface area is 154 Å². The third-order valence-electron chi connectivity index (χ3n) is 4.57. The molecule has 0 bridgehead atoms. The summed E-state index contributed by atoms with van der Waals surface area (Å²) in [5.41, 5.74) is 2.71. The van der Waals surface area contributed by atoms with E-state index in [2.05, 4.69) is 10.2 Å². The van der Waals surface area contributed by atoms with Gasteiger partial charge in [0.2, 0.25) is 5.91 Å². The third-order valence-corrected chi connectivity index (χ3v) is 6.21. The van der Waals surface area contributed by atoms with Gasteiger partial charge in [0.05, 0.1) is 4.90 Å². The molecular formula is C20H24N2O3S. The number of carbonyl (C=O) groups excluding carboxylic acids is 1. The number of aryl methyl sites for hydroxylation is 1. The Morgan fingerprint density at radius 3 is 2.19 bits per heavy atom. The average molecular weight is 372 g/mol. The van der Waals surface area contributed by atoms with E-state index in [1.54, 1.807) is 12.1 Å². The lowest BCUT2D eigenvalue weighted by Gasteiger charge is -2.28. The Morgan fingerprint density at radius 1 is 0.962 bits per heavy atom. The molecule has 6 heteroatoms. The molecule has 0 aliphatic carbocycles. The summed E-state index contributed by atoms with van der Waals surface area (Å²) in [4.78, 5) is 14.7. The van der Waals surface area contributed by atoms with Crippen LogP contribution >= 0.6 is 0 Å². The molecule has 1 heterocycles. The zero-order chi connectivity index (χ0) is 18.6. The van der Waals surface area contributed by atoms with Gasteiger partial charge < -0.3 is 10.2 Å². The zero-order valence-corrected chi connectivity index (χ0v) is 15.8. The van der Waals surface area contributed by atoms with Gasteiger partial charge in [-0.3, -0.25) is 4.79 Å². The van der Waals surface area contributed by atoms with E-state index >= 15 is 0 Å². The van der Waals surface area contributed by atoms with Crippen molar-refractivity contribution in [3.8, 4) is 0 Å². The highest BCUT2D eigenvalue weighted by Crippen LogP contribution is 2.22. The van der Waals surface area contributed by atoms with Gasteiger partial charge in [0.15, 0.2) is 9.84 Å². The van der Waals surface area contributed by atoms with E-state index in [4.69, 9.17) is 0 Å². The maximum absolute atomic E-state index is 12.3. The Hall–Kier alpha value is -2.34. The van der Waals surface area contributed by atoms with Crippen LogP contribution in [-0.4, -0.2) is 33.2 Å². The molecular weight excluding hydrogens is 348 g/mol. The molecule has 0 spiro atoms. The molecule has 2 aromatic rings. The van der Waals surface area contributed by atoms with Crippen LogP contribution in [0.25, 0.3) is 0 Å². The van der Waals surface area contributed by atoms with Crippen molar-refractivity contribution < 1.29 is 13.2 Å². The largest absolute Gasteiger partial charge is 0.372 e. The van der Waals surface area contributed by atoms with Crippen molar-refractivity contribution in [3.63, 3.8) is 0 Å². The first-order chi connectivity index (χ1) is 12.4. The van der Waals surface area contributed by atoms with Gasteiger partial charge in [-0.1, -0.05) is 17.7 Å². The van der Waals surface area contributed by atoms with Crippen molar-refractivity contribution in [1.29, 1.82) is 0 Å². The summed E-state index contributed by atoms with van der Waals surface area (Å²) in [6.07, 6.45) is 3.69. The average Bonchev–Trinajstić information content (AvgIpc) is 2.63. The fourth-order valence-corrected chi connectivity index (χ4v) is 4.24. The minimum absolute atomic E-state index is 0.165. The van der Waals surface area contributed by atoms with Crippen molar-refractivity contribution in [2.75, 3.05) is 29.1 Å². The minimum Gasteiger partial charge on any atom is -0.372 e. The molecule has 0 unspecified atom stereocenters. The minimum atomic E-state index is -3.64. The molecule has 1 aliphatic rings. The van der Waals surface area contributed by atoms with Crippen molar-refractivity contribution in [3.05, 3.63) is 54.1 Å². The van der Waals surface area contributed by atoms with Gasteiger partial charge in [-0.05, 0) is 62.6 Å². The molecule has 0 saturated carbocycles. The molecule has 1 N–H and O–H groups in total. The molecule has 1 aliphatic heterocycles. The number of sulfone groups is 1. The highest BCUT2D eigenvalue weighted by atomic mass is 32.2.